The first kappa shape index (κ1) is 14.3. The number of benzene rings is 1. The van der Waals surface area contributed by atoms with E-state index in [1.165, 1.54) is 0 Å². The predicted octanol–water partition coefficient (Wildman–Crippen LogP) is 3.96. The summed E-state index contributed by atoms with van der Waals surface area (Å²) in [6.07, 6.45) is 0. The molecule has 1 aromatic carbocycles. The molecule has 2 aromatic rings. The molecule has 2 rings (SSSR count). The van der Waals surface area contributed by atoms with Gasteiger partial charge in [-0.2, -0.15) is 0 Å². The topological polar surface area (TPSA) is 34.1 Å². The number of ether oxygens (including phenoxy) is 1. The van der Waals surface area contributed by atoms with Gasteiger partial charge in [0.05, 0.1) is 15.7 Å². The van der Waals surface area contributed by atoms with Gasteiger partial charge in [-0.05, 0) is 38.6 Å². The second-order valence-electron chi connectivity index (χ2n) is 4.35. The minimum atomic E-state index is 0.271. The molecule has 102 valence electrons. The van der Waals surface area contributed by atoms with Crippen LogP contribution in [0.4, 0.5) is 0 Å². The summed E-state index contributed by atoms with van der Waals surface area (Å²) < 4.78 is 5.70. The van der Waals surface area contributed by atoms with Crippen molar-refractivity contribution in [2.75, 3.05) is 7.05 Å². The zero-order valence-corrected chi connectivity index (χ0v) is 12.8. The zero-order valence-electron chi connectivity index (χ0n) is 11.2. The lowest BCUT2D eigenvalue weighted by molar-refractivity contribution is 0.302. The van der Waals surface area contributed by atoms with Gasteiger partial charge in [-0.1, -0.05) is 17.7 Å². The van der Waals surface area contributed by atoms with Gasteiger partial charge in [0.25, 0.3) is 0 Å². The maximum absolute atomic E-state index is 6.23. The normalized spacial score (nSPS) is 12.4. The number of nitrogens with zero attached hydrogens (tertiary/aromatic N) is 1. The van der Waals surface area contributed by atoms with Gasteiger partial charge in [-0.15, -0.1) is 11.3 Å². The van der Waals surface area contributed by atoms with Crippen molar-refractivity contribution in [3.8, 4) is 5.75 Å². The van der Waals surface area contributed by atoms with Crippen LogP contribution < -0.4 is 10.1 Å². The third-order valence-electron chi connectivity index (χ3n) is 2.93. The van der Waals surface area contributed by atoms with Gasteiger partial charge in [0, 0.05) is 11.4 Å². The van der Waals surface area contributed by atoms with Crippen molar-refractivity contribution in [1.82, 2.24) is 10.3 Å². The summed E-state index contributed by atoms with van der Waals surface area (Å²) in [5.41, 5.74) is 2.08. The van der Waals surface area contributed by atoms with Gasteiger partial charge in [0.15, 0.2) is 0 Å². The van der Waals surface area contributed by atoms with E-state index < -0.39 is 0 Å². The van der Waals surface area contributed by atoms with Crippen molar-refractivity contribution < 1.29 is 4.74 Å². The molecule has 0 radical (unpaired) electrons. The number of thiazole rings is 1. The second kappa shape index (κ2) is 6.37. The fourth-order valence-corrected chi connectivity index (χ4v) is 2.54. The average Bonchev–Trinajstić information content (AvgIpc) is 2.82. The monoisotopic (exact) mass is 296 g/mol. The first-order valence-corrected chi connectivity index (χ1v) is 7.36. The van der Waals surface area contributed by atoms with Crippen molar-refractivity contribution in [3.05, 3.63) is 44.9 Å². The highest BCUT2D eigenvalue weighted by atomic mass is 35.5. The van der Waals surface area contributed by atoms with Gasteiger partial charge in [0.2, 0.25) is 0 Å². The summed E-state index contributed by atoms with van der Waals surface area (Å²) in [4.78, 5) is 4.35. The number of nitrogens with one attached hydrogen (secondary N) is 1. The maximum atomic E-state index is 6.23. The summed E-state index contributed by atoms with van der Waals surface area (Å²) in [5, 5.41) is 6.86. The molecule has 1 N–H and O–H groups in total. The molecule has 5 heteroatoms. The third kappa shape index (κ3) is 3.69. The van der Waals surface area contributed by atoms with Crippen molar-refractivity contribution >= 4 is 22.9 Å². The highest BCUT2D eigenvalue weighted by Gasteiger charge is 2.08. The summed E-state index contributed by atoms with van der Waals surface area (Å²) in [7, 11) is 1.92. The minimum Gasteiger partial charge on any atom is -0.486 e. The fraction of sp³-hybridized carbons (Fsp3) is 0.357. The van der Waals surface area contributed by atoms with Crippen LogP contribution in [0.1, 0.15) is 29.2 Å². The molecular weight excluding hydrogens is 280 g/mol. The van der Waals surface area contributed by atoms with Crippen LogP contribution in [0.5, 0.6) is 5.75 Å². The summed E-state index contributed by atoms with van der Waals surface area (Å²) in [6, 6.07) is 6.14. The van der Waals surface area contributed by atoms with Crippen molar-refractivity contribution in [2.45, 2.75) is 26.5 Å². The Bertz CT molecular complexity index is 556. The number of halogens is 1. The van der Waals surface area contributed by atoms with Crippen LogP contribution in [-0.2, 0) is 6.61 Å². The minimum absolute atomic E-state index is 0.271. The molecule has 0 aliphatic rings. The molecule has 1 aromatic heterocycles. The Balaban J connectivity index is 2.05. The maximum Gasteiger partial charge on any atom is 0.138 e. The Morgan fingerprint density at radius 3 is 2.84 bits per heavy atom. The second-order valence-corrected chi connectivity index (χ2v) is 5.82. The lowest BCUT2D eigenvalue weighted by Gasteiger charge is -2.13. The third-order valence-corrected chi connectivity index (χ3v) is 4.05. The highest BCUT2D eigenvalue weighted by molar-refractivity contribution is 7.09. The Hall–Kier alpha value is -1.10. The van der Waals surface area contributed by atoms with E-state index in [-0.39, 0.29) is 6.04 Å². The Labute approximate surface area is 122 Å². The number of hydrogen-bond acceptors (Lipinski definition) is 4. The van der Waals surface area contributed by atoms with Gasteiger partial charge in [0.1, 0.15) is 12.4 Å². The van der Waals surface area contributed by atoms with Crippen LogP contribution in [-0.4, -0.2) is 12.0 Å². The van der Waals surface area contributed by atoms with E-state index in [1.807, 2.05) is 37.6 Å². The molecule has 0 aliphatic carbocycles. The molecule has 0 aliphatic heterocycles. The number of aromatic nitrogens is 1. The Kier molecular flexibility index (Phi) is 4.80. The molecule has 1 heterocycles. The molecule has 0 fully saturated rings. The summed E-state index contributed by atoms with van der Waals surface area (Å²) in [6.45, 7) is 4.52. The van der Waals surface area contributed by atoms with Gasteiger partial charge >= 0.3 is 0 Å². The molecular formula is C14H17ClN2OS. The number of aryl methyl sites for hydroxylation is 1. The number of rotatable bonds is 5. The van der Waals surface area contributed by atoms with E-state index in [9.17, 15) is 0 Å². The van der Waals surface area contributed by atoms with Crippen LogP contribution in [0, 0.1) is 6.92 Å². The van der Waals surface area contributed by atoms with Crippen LogP contribution >= 0.6 is 22.9 Å². The number of hydrogen-bond donors (Lipinski definition) is 1. The quantitative estimate of drug-likeness (QED) is 0.907. The summed E-state index contributed by atoms with van der Waals surface area (Å²) in [5.74, 6) is 0.694. The lowest BCUT2D eigenvalue weighted by atomic mass is 10.1. The van der Waals surface area contributed by atoms with Crippen molar-refractivity contribution in [3.63, 3.8) is 0 Å². The SMILES string of the molecule is CNC(C)c1ccc(OCc2csc(C)n2)c(Cl)c1. The Morgan fingerprint density at radius 1 is 1.47 bits per heavy atom. The average molecular weight is 297 g/mol. The van der Waals surface area contributed by atoms with E-state index in [2.05, 4.69) is 17.2 Å². The Morgan fingerprint density at radius 2 is 2.26 bits per heavy atom. The fourth-order valence-electron chi connectivity index (χ4n) is 1.70. The van der Waals surface area contributed by atoms with Crippen LogP contribution in [0.3, 0.4) is 0 Å². The predicted molar refractivity (Wildman–Crippen MR) is 80.1 cm³/mol. The van der Waals surface area contributed by atoms with E-state index in [0.717, 1.165) is 16.3 Å². The molecule has 0 saturated carbocycles. The molecule has 19 heavy (non-hydrogen) atoms. The lowest BCUT2D eigenvalue weighted by Crippen LogP contribution is -2.12. The van der Waals surface area contributed by atoms with Gasteiger partial charge in [-0.3, -0.25) is 0 Å². The van der Waals surface area contributed by atoms with Gasteiger partial charge < -0.3 is 10.1 Å². The van der Waals surface area contributed by atoms with Crippen molar-refractivity contribution in [1.29, 1.82) is 0 Å². The van der Waals surface area contributed by atoms with E-state index in [0.29, 0.717) is 17.4 Å². The molecule has 1 atom stereocenters. The van der Waals surface area contributed by atoms with Crippen LogP contribution in [0.15, 0.2) is 23.6 Å². The van der Waals surface area contributed by atoms with Crippen LogP contribution in [0.2, 0.25) is 5.02 Å². The molecule has 0 spiro atoms. The standard InChI is InChI=1S/C14H17ClN2OS/c1-9(16-3)11-4-5-14(13(15)6-11)18-7-12-8-19-10(2)17-12/h4-6,8-9,16H,7H2,1-3H3. The first-order valence-electron chi connectivity index (χ1n) is 6.10. The molecule has 0 saturated heterocycles. The highest BCUT2D eigenvalue weighted by Crippen LogP contribution is 2.28. The van der Waals surface area contributed by atoms with E-state index in [1.54, 1.807) is 11.3 Å². The van der Waals surface area contributed by atoms with Crippen LogP contribution in [0.25, 0.3) is 0 Å². The first-order chi connectivity index (χ1) is 9.10. The molecule has 0 amide bonds. The van der Waals surface area contributed by atoms with E-state index >= 15 is 0 Å². The largest absolute Gasteiger partial charge is 0.486 e. The molecule has 0 bridgehead atoms. The van der Waals surface area contributed by atoms with Crippen molar-refractivity contribution in [2.24, 2.45) is 0 Å². The molecule has 3 nitrogen and oxygen atoms in total. The molecule has 1 unspecified atom stereocenters. The smallest absolute Gasteiger partial charge is 0.138 e. The van der Waals surface area contributed by atoms with E-state index in [4.69, 9.17) is 16.3 Å². The van der Waals surface area contributed by atoms with Gasteiger partial charge in [-0.25, -0.2) is 4.98 Å². The summed E-state index contributed by atoms with van der Waals surface area (Å²) >= 11 is 7.85. The zero-order chi connectivity index (χ0) is 13.8.